The van der Waals surface area contributed by atoms with Crippen LogP contribution >= 0.6 is 0 Å². The molecule has 0 saturated heterocycles. The van der Waals surface area contributed by atoms with Crippen LogP contribution < -0.4 is 0 Å². The molecule has 0 aliphatic rings. The lowest BCUT2D eigenvalue weighted by molar-refractivity contribution is -0.145. The molecule has 0 bridgehead atoms. The number of hydrogen-bond acceptors (Lipinski definition) is 2. The first kappa shape index (κ1) is 11.7. The molecule has 2 nitrogen and oxygen atoms in total. The van der Waals surface area contributed by atoms with E-state index in [4.69, 9.17) is 4.74 Å². The van der Waals surface area contributed by atoms with Crippen LogP contribution in [-0.4, -0.2) is 5.97 Å². The van der Waals surface area contributed by atoms with E-state index >= 15 is 0 Å². The number of ether oxygens (including phenoxy) is 1. The second-order valence-corrected chi connectivity index (χ2v) is 3.48. The number of carbonyl (C=O) groups is 1. The average molecular weight is 180 g/mol. The number of carbonyl (C=O) groups excluding carboxylic acids is 1. The summed E-state index contributed by atoms with van der Waals surface area (Å²) in [5, 5.41) is 0. The van der Waals surface area contributed by atoms with Crippen LogP contribution in [0.2, 0.25) is 0 Å². The lowest BCUT2D eigenvalue weighted by atomic mass is 9.94. The second-order valence-electron chi connectivity index (χ2n) is 3.48. The first-order valence-electron chi connectivity index (χ1n) is 4.07. The topological polar surface area (TPSA) is 26.3 Å². The van der Waals surface area contributed by atoms with Crippen molar-refractivity contribution in [2.45, 2.75) is 20.8 Å². The van der Waals surface area contributed by atoms with Crippen LogP contribution in [0.15, 0.2) is 37.1 Å². The Morgan fingerprint density at radius 2 is 2.00 bits per heavy atom. The SMILES string of the molecule is C=CC(C)(C)C(=O)O/C=C/C(=C)C. The van der Waals surface area contributed by atoms with Gasteiger partial charge in [0.15, 0.2) is 0 Å². The summed E-state index contributed by atoms with van der Waals surface area (Å²) >= 11 is 0. The largest absolute Gasteiger partial charge is 0.434 e. The molecule has 0 aromatic rings. The molecule has 0 rings (SSSR count). The monoisotopic (exact) mass is 180 g/mol. The van der Waals surface area contributed by atoms with Crippen LogP contribution in [-0.2, 0) is 9.53 Å². The molecule has 0 heterocycles. The quantitative estimate of drug-likeness (QED) is 0.288. The van der Waals surface area contributed by atoms with Crippen molar-refractivity contribution in [1.82, 2.24) is 0 Å². The van der Waals surface area contributed by atoms with Crippen LogP contribution in [0.25, 0.3) is 0 Å². The van der Waals surface area contributed by atoms with Gasteiger partial charge in [-0.1, -0.05) is 18.2 Å². The normalized spacial score (nSPS) is 11.3. The first-order valence-corrected chi connectivity index (χ1v) is 4.07. The lowest BCUT2D eigenvalue weighted by Gasteiger charge is -2.15. The highest BCUT2D eigenvalue weighted by atomic mass is 16.5. The van der Waals surface area contributed by atoms with Crippen molar-refractivity contribution in [2.75, 3.05) is 0 Å². The molecule has 0 spiro atoms. The smallest absolute Gasteiger partial charge is 0.320 e. The highest BCUT2D eigenvalue weighted by molar-refractivity contribution is 5.78. The van der Waals surface area contributed by atoms with E-state index < -0.39 is 5.41 Å². The van der Waals surface area contributed by atoms with Crippen molar-refractivity contribution in [3.8, 4) is 0 Å². The van der Waals surface area contributed by atoms with Crippen molar-refractivity contribution in [1.29, 1.82) is 0 Å². The second kappa shape index (κ2) is 4.65. The zero-order valence-corrected chi connectivity index (χ0v) is 8.46. The molecule has 72 valence electrons. The fourth-order valence-corrected chi connectivity index (χ4v) is 0.447. The fourth-order valence-electron chi connectivity index (χ4n) is 0.447. The lowest BCUT2D eigenvalue weighted by Crippen LogP contribution is -2.22. The molecule has 13 heavy (non-hydrogen) atoms. The van der Waals surface area contributed by atoms with Gasteiger partial charge in [0, 0.05) is 0 Å². The number of hydrogen-bond donors (Lipinski definition) is 0. The van der Waals surface area contributed by atoms with E-state index in [2.05, 4.69) is 13.2 Å². The van der Waals surface area contributed by atoms with E-state index in [0.717, 1.165) is 5.57 Å². The number of esters is 1. The van der Waals surface area contributed by atoms with Crippen molar-refractivity contribution < 1.29 is 9.53 Å². The van der Waals surface area contributed by atoms with E-state index in [1.807, 2.05) is 6.92 Å². The van der Waals surface area contributed by atoms with Gasteiger partial charge in [-0.15, -0.1) is 6.58 Å². The Morgan fingerprint density at radius 1 is 1.46 bits per heavy atom. The van der Waals surface area contributed by atoms with Gasteiger partial charge < -0.3 is 4.74 Å². The third-order valence-electron chi connectivity index (χ3n) is 1.56. The molecule has 0 aromatic heterocycles. The molecule has 0 aliphatic carbocycles. The van der Waals surface area contributed by atoms with Gasteiger partial charge in [0.2, 0.25) is 0 Å². The van der Waals surface area contributed by atoms with Crippen molar-refractivity contribution in [2.24, 2.45) is 5.41 Å². The summed E-state index contributed by atoms with van der Waals surface area (Å²) in [5.41, 5.74) is 0.198. The van der Waals surface area contributed by atoms with Gasteiger partial charge in [-0.2, -0.15) is 0 Å². The summed E-state index contributed by atoms with van der Waals surface area (Å²) < 4.78 is 4.86. The van der Waals surface area contributed by atoms with E-state index in [-0.39, 0.29) is 5.97 Å². The predicted octanol–water partition coefficient (Wildman–Crippen LogP) is 2.83. The molecule has 0 saturated carbocycles. The Kier molecular flexibility index (Phi) is 4.18. The maximum atomic E-state index is 11.3. The summed E-state index contributed by atoms with van der Waals surface area (Å²) in [6.45, 7) is 12.5. The van der Waals surface area contributed by atoms with Gasteiger partial charge in [0.05, 0.1) is 11.7 Å². The van der Waals surface area contributed by atoms with E-state index in [0.29, 0.717) is 0 Å². The maximum Gasteiger partial charge on any atom is 0.320 e. The minimum Gasteiger partial charge on any atom is -0.434 e. The molecule has 0 N–H and O–H groups in total. The van der Waals surface area contributed by atoms with Gasteiger partial charge >= 0.3 is 5.97 Å². The van der Waals surface area contributed by atoms with Crippen LogP contribution in [0.3, 0.4) is 0 Å². The summed E-state index contributed by atoms with van der Waals surface area (Å²) in [4.78, 5) is 11.3. The van der Waals surface area contributed by atoms with E-state index in [1.165, 1.54) is 6.26 Å². The zero-order valence-electron chi connectivity index (χ0n) is 8.46. The third-order valence-corrected chi connectivity index (χ3v) is 1.56. The van der Waals surface area contributed by atoms with Crippen molar-refractivity contribution in [3.05, 3.63) is 37.1 Å². The summed E-state index contributed by atoms with van der Waals surface area (Å²) in [6, 6.07) is 0. The van der Waals surface area contributed by atoms with Crippen molar-refractivity contribution in [3.63, 3.8) is 0 Å². The zero-order chi connectivity index (χ0) is 10.5. The molecular weight excluding hydrogens is 164 g/mol. The van der Waals surface area contributed by atoms with Gasteiger partial charge in [-0.3, -0.25) is 4.79 Å². The van der Waals surface area contributed by atoms with Gasteiger partial charge in [0.1, 0.15) is 0 Å². The van der Waals surface area contributed by atoms with Crippen molar-refractivity contribution >= 4 is 5.97 Å². The average Bonchev–Trinajstić information content (AvgIpc) is 2.03. The number of allylic oxidation sites excluding steroid dienone is 2. The molecule has 0 radical (unpaired) electrons. The molecule has 0 amide bonds. The van der Waals surface area contributed by atoms with Gasteiger partial charge in [-0.05, 0) is 26.8 Å². The fraction of sp³-hybridized carbons (Fsp3) is 0.364. The molecule has 0 aliphatic heterocycles. The minimum absolute atomic E-state index is 0.319. The molecule has 0 unspecified atom stereocenters. The van der Waals surface area contributed by atoms with Crippen LogP contribution in [0.4, 0.5) is 0 Å². The predicted molar refractivity (Wildman–Crippen MR) is 54.0 cm³/mol. The first-order chi connectivity index (χ1) is 5.90. The number of rotatable bonds is 4. The Labute approximate surface area is 79.6 Å². The van der Waals surface area contributed by atoms with E-state index in [9.17, 15) is 4.79 Å². The summed E-state index contributed by atoms with van der Waals surface area (Å²) in [6.07, 6.45) is 4.54. The summed E-state index contributed by atoms with van der Waals surface area (Å²) in [7, 11) is 0. The highest BCUT2D eigenvalue weighted by Gasteiger charge is 2.24. The molecular formula is C11H16O2. The molecule has 0 aromatic carbocycles. The van der Waals surface area contributed by atoms with Gasteiger partial charge in [0.25, 0.3) is 0 Å². The Balaban J connectivity index is 4.17. The molecule has 2 heteroatoms. The van der Waals surface area contributed by atoms with Gasteiger partial charge in [-0.25, -0.2) is 0 Å². The van der Waals surface area contributed by atoms with Crippen LogP contribution in [0, 0.1) is 5.41 Å². The standard InChI is InChI=1S/C11H16O2/c1-6-11(4,5)10(12)13-8-7-9(2)3/h6-8H,1-2H2,3-5H3/b8-7+. The maximum absolute atomic E-state index is 11.3. The summed E-state index contributed by atoms with van der Waals surface area (Å²) in [5.74, 6) is -0.319. The van der Waals surface area contributed by atoms with E-state index in [1.54, 1.807) is 26.0 Å². The molecule has 0 atom stereocenters. The Bertz CT molecular complexity index is 247. The highest BCUT2D eigenvalue weighted by Crippen LogP contribution is 2.18. The Hall–Kier alpha value is -1.31. The van der Waals surface area contributed by atoms with Crippen LogP contribution in [0.1, 0.15) is 20.8 Å². The third kappa shape index (κ3) is 4.31. The van der Waals surface area contributed by atoms with Crippen LogP contribution in [0.5, 0.6) is 0 Å². The minimum atomic E-state index is -0.639. The molecule has 0 fully saturated rings. The Morgan fingerprint density at radius 3 is 2.38 bits per heavy atom.